The Morgan fingerprint density at radius 1 is 0.935 bits per heavy atom. The van der Waals surface area contributed by atoms with Gasteiger partial charge in [-0.05, 0) is 85.3 Å². The second-order valence-electron chi connectivity index (χ2n) is 21.7. The van der Waals surface area contributed by atoms with Gasteiger partial charge in [0.15, 0.2) is 24.7 Å². The van der Waals surface area contributed by atoms with E-state index in [0.29, 0.717) is 16.9 Å². The van der Waals surface area contributed by atoms with Gasteiger partial charge in [-0.1, -0.05) is 44.6 Å². The number of hydrogen-bond donors (Lipinski definition) is 7. The van der Waals surface area contributed by atoms with Gasteiger partial charge in [0.25, 0.3) is 5.91 Å². The molecule has 0 unspecified atom stereocenters. The van der Waals surface area contributed by atoms with Crippen LogP contribution in [0.4, 0.5) is 5.00 Å². The summed E-state index contributed by atoms with van der Waals surface area (Å²) < 4.78 is 55.7. The van der Waals surface area contributed by atoms with Gasteiger partial charge in [0.05, 0.1) is 65.8 Å². The van der Waals surface area contributed by atoms with E-state index in [1.54, 1.807) is 84.2 Å². The molecule has 0 bridgehead atoms. The number of aromatic nitrogens is 1. The van der Waals surface area contributed by atoms with E-state index in [-0.39, 0.29) is 42.3 Å². The molecule has 4 aliphatic rings. The average molecular weight is 1110 g/mol. The van der Waals surface area contributed by atoms with Crippen LogP contribution in [0.25, 0.3) is 0 Å². The van der Waals surface area contributed by atoms with Crippen LogP contribution < -0.4 is 11.1 Å². The molecule has 2 aromatic heterocycles. The second kappa shape index (κ2) is 27.6. The molecule has 3 saturated heterocycles. The summed E-state index contributed by atoms with van der Waals surface area (Å²) in [6.07, 6.45) is -6.75. The predicted octanol–water partition coefficient (Wildman–Crippen LogP) is 3.38. The van der Waals surface area contributed by atoms with Crippen molar-refractivity contribution in [3.05, 3.63) is 70.4 Å². The highest BCUT2D eigenvalue weighted by molar-refractivity contribution is 7.16. The molecule has 3 fully saturated rings. The fourth-order valence-electron chi connectivity index (χ4n) is 10.8. The number of rotatable bonds is 15. The number of nitrogens with two attached hydrogens (primary N) is 1. The van der Waals surface area contributed by atoms with Crippen molar-refractivity contribution in [1.82, 2.24) is 15.2 Å². The van der Waals surface area contributed by atoms with Crippen LogP contribution in [0.1, 0.15) is 108 Å². The van der Waals surface area contributed by atoms with Crippen LogP contribution in [0.5, 0.6) is 0 Å². The highest BCUT2D eigenvalue weighted by atomic mass is 32.1. The van der Waals surface area contributed by atoms with Gasteiger partial charge >= 0.3 is 5.97 Å². The van der Waals surface area contributed by atoms with Crippen molar-refractivity contribution < 1.29 is 82.5 Å². The molecule has 0 aliphatic carbocycles. The molecule has 4 aliphatic heterocycles. The number of ether oxygens (including phenoxy) is 9. The van der Waals surface area contributed by atoms with Gasteiger partial charge in [-0.3, -0.25) is 19.4 Å². The van der Waals surface area contributed by atoms with Gasteiger partial charge in [0.1, 0.15) is 42.7 Å². The average Bonchev–Trinajstić information content (AvgIpc) is 3.78. The van der Waals surface area contributed by atoms with Crippen molar-refractivity contribution in [1.29, 1.82) is 0 Å². The molecule has 77 heavy (non-hydrogen) atoms. The molecule has 21 nitrogen and oxygen atoms in total. The monoisotopic (exact) mass is 1100 g/mol. The number of aliphatic hydroxyl groups is 5. The molecular formula is C55H84N4O17S. The van der Waals surface area contributed by atoms with Crippen molar-refractivity contribution >= 4 is 34.0 Å². The predicted molar refractivity (Wildman–Crippen MR) is 283 cm³/mol. The summed E-state index contributed by atoms with van der Waals surface area (Å²) in [5, 5.41) is 60.2. The van der Waals surface area contributed by atoms with Gasteiger partial charge in [0, 0.05) is 68.1 Å². The number of ketones is 1. The topological polar surface area (TPSA) is 290 Å². The van der Waals surface area contributed by atoms with E-state index in [1.165, 1.54) is 27.2 Å². The van der Waals surface area contributed by atoms with Crippen LogP contribution in [0.2, 0.25) is 0 Å². The number of cyclic esters (lactones) is 1. The number of anilines is 1. The number of carbonyl (C=O) groups is 3. The Bertz CT molecular complexity index is 2300. The molecule has 6 rings (SSSR count). The second-order valence-corrected chi connectivity index (χ2v) is 22.8. The number of esters is 1. The first-order valence-corrected chi connectivity index (χ1v) is 27.4. The molecule has 22 heteroatoms. The van der Waals surface area contributed by atoms with Crippen molar-refractivity contribution in [3.8, 4) is 0 Å². The van der Waals surface area contributed by atoms with Crippen LogP contribution in [-0.2, 0) is 58.8 Å². The fraction of sp³-hybridized carbons (Fsp3) is 0.709. The number of likely N-dealkylation sites (N-methyl/N-ethyl adjacent to an activating group) is 1. The zero-order chi connectivity index (χ0) is 56.6. The first-order valence-electron chi connectivity index (χ1n) is 26.6. The summed E-state index contributed by atoms with van der Waals surface area (Å²) in [6, 6.07) is 4.43. The summed E-state index contributed by atoms with van der Waals surface area (Å²) in [7, 11) is 6.44. The summed E-state index contributed by atoms with van der Waals surface area (Å²) in [5.74, 6) is -4.48. The summed E-state index contributed by atoms with van der Waals surface area (Å²) in [6.45, 7) is 13.8. The van der Waals surface area contributed by atoms with Crippen molar-refractivity contribution in [2.45, 2.75) is 197 Å². The van der Waals surface area contributed by atoms with E-state index in [1.807, 2.05) is 26.0 Å². The Balaban J connectivity index is 1.36. The molecule has 0 saturated carbocycles. The van der Waals surface area contributed by atoms with Crippen LogP contribution >= 0.6 is 11.3 Å². The largest absolute Gasteiger partial charge is 0.462 e. The van der Waals surface area contributed by atoms with Crippen LogP contribution in [0.3, 0.4) is 0 Å². The summed E-state index contributed by atoms with van der Waals surface area (Å²) in [5.41, 5.74) is 6.73. The SMILES string of the molecule is CC[C@H]1OC(=O)C[C@@H](O)[C@H](C)[C@@H](O[C@@H]2O[C@H](C)[C@@H](O[C@H]3C[C@@](C)(O)[C@@H](O)[C@H](C)O3)[C@H](N(C)C)[C@H]2O)[C@@H](c2cc(C(=O)NCc3cccnc3)c(N)s2)C[C@@H](C)C(=O)/C=C/C(C)=C/[C@@H]1CO[C@@H]1O[C@H](C)[C@@H](O)[C@@H](OC)[C@H]1OC. The highest BCUT2D eigenvalue weighted by Gasteiger charge is 2.52. The van der Waals surface area contributed by atoms with E-state index in [9.17, 15) is 39.9 Å². The number of allylic oxidation sites excluding steroid dienone is 3. The first kappa shape index (κ1) is 62.4. The molecule has 6 heterocycles. The number of amides is 1. The molecule has 0 spiro atoms. The Kier molecular flexibility index (Phi) is 22.3. The Hall–Kier alpha value is -3.82. The highest BCUT2D eigenvalue weighted by Crippen LogP contribution is 2.43. The van der Waals surface area contributed by atoms with E-state index in [0.717, 1.165) is 16.9 Å². The van der Waals surface area contributed by atoms with E-state index in [2.05, 4.69) is 10.3 Å². The molecular weight excluding hydrogens is 1020 g/mol. The van der Waals surface area contributed by atoms with E-state index >= 15 is 0 Å². The van der Waals surface area contributed by atoms with Crippen LogP contribution in [0.15, 0.2) is 54.4 Å². The van der Waals surface area contributed by atoms with Crippen molar-refractivity contribution in [2.75, 3.05) is 40.7 Å². The quantitative estimate of drug-likeness (QED) is 0.126. The number of carbonyl (C=O) groups excluding carboxylic acids is 3. The third-order valence-corrected chi connectivity index (χ3v) is 16.6. The smallest absolute Gasteiger partial charge is 0.308 e. The molecule has 8 N–H and O–H groups in total. The number of aliphatic hydroxyl groups excluding tert-OH is 4. The lowest BCUT2D eigenvalue weighted by Crippen LogP contribution is -2.65. The maximum absolute atomic E-state index is 14.4. The summed E-state index contributed by atoms with van der Waals surface area (Å²) in [4.78, 5) is 48.8. The number of pyridine rings is 1. The Morgan fingerprint density at radius 2 is 1.64 bits per heavy atom. The van der Waals surface area contributed by atoms with Gasteiger partial charge in [-0.25, -0.2) is 0 Å². The zero-order valence-corrected chi connectivity index (χ0v) is 47.2. The molecule has 21 atom stereocenters. The normalized spacial score (nSPS) is 40.1. The Morgan fingerprint density at radius 3 is 2.27 bits per heavy atom. The maximum atomic E-state index is 14.4. The number of thiophene rings is 1. The summed E-state index contributed by atoms with van der Waals surface area (Å²) >= 11 is 1.12. The van der Waals surface area contributed by atoms with Gasteiger partial charge in [-0.15, -0.1) is 11.3 Å². The van der Waals surface area contributed by atoms with Crippen molar-refractivity contribution in [2.24, 2.45) is 17.8 Å². The van der Waals surface area contributed by atoms with Crippen molar-refractivity contribution in [3.63, 3.8) is 0 Å². The van der Waals surface area contributed by atoms with Crippen LogP contribution in [-0.4, -0.2) is 192 Å². The fourth-order valence-corrected chi connectivity index (χ4v) is 11.9. The number of hydrogen-bond acceptors (Lipinski definition) is 21. The van der Waals surface area contributed by atoms with E-state index in [4.69, 9.17) is 48.4 Å². The van der Waals surface area contributed by atoms with E-state index < -0.39 is 146 Å². The minimum Gasteiger partial charge on any atom is -0.462 e. The zero-order valence-electron chi connectivity index (χ0n) is 46.4. The van der Waals surface area contributed by atoms with Crippen LogP contribution in [0, 0.1) is 17.8 Å². The number of nitrogens with zero attached hydrogens (tertiary/aromatic N) is 2. The molecule has 1 amide bonds. The number of methoxy groups -OCH3 is 2. The molecule has 0 radical (unpaired) electrons. The standard InChI is InChI=1S/C55H84N4O17S/c1-13-39-34(26-70-54-49(69-12)48(68-11)44(63)30(5)72-54)19-27(2)16-17-37(60)28(3)20-35(40-21-36(51(56)77-40)52(66)58-25-33-15-14-18-57-24-33)46(29(4)38(61)22-41(62)74-39)76-53-45(64)43(59(9)10)47(31(6)73-53)75-42-23-55(8,67)50(65)32(7)71-42/h14-19,21,24,28-32,34-35,38-39,42-50,53-54,61,63-65,67H,13,20,22-23,25-26,56H2,1-12H3,(H,58,66)/b17-16+,27-19+/t28-,29+,30-,31-,32+,34-,35-,38-,39-,42+,43-,44-,45-,46-,47-,48-,49-,50+,53+,54-,55-/m1/s1. The lowest BCUT2D eigenvalue weighted by Gasteiger charge is -2.50. The Labute approximate surface area is 456 Å². The number of nitrogen functional groups attached to an aromatic ring is 1. The third-order valence-electron chi connectivity index (χ3n) is 15.5. The minimum absolute atomic E-state index is 0.0339. The van der Waals surface area contributed by atoms with Gasteiger partial charge < -0.3 is 84.1 Å². The third kappa shape index (κ3) is 15.4. The first-order chi connectivity index (χ1) is 36.4. The molecule has 0 aromatic carbocycles. The lowest BCUT2D eigenvalue weighted by atomic mass is 9.80. The lowest BCUT2D eigenvalue weighted by molar-refractivity contribution is -0.340. The minimum atomic E-state index is -1.53. The van der Waals surface area contributed by atoms with Gasteiger partial charge in [-0.2, -0.15) is 0 Å². The molecule has 432 valence electrons. The molecule has 2 aromatic rings. The van der Waals surface area contributed by atoms with Gasteiger partial charge in [0.2, 0.25) is 0 Å². The number of nitrogens with one attached hydrogen (secondary N) is 1. The maximum Gasteiger partial charge on any atom is 0.308 e.